The normalized spacial score (nSPS) is 11.2. The summed E-state index contributed by atoms with van der Waals surface area (Å²) >= 11 is 0. The Kier molecular flexibility index (Phi) is 7.97. The summed E-state index contributed by atoms with van der Waals surface area (Å²) in [6.45, 7) is 3.89. The molecule has 2 N–H and O–H groups in total. The molecule has 0 radical (unpaired) electrons. The van der Waals surface area contributed by atoms with E-state index >= 15 is 0 Å². The molecule has 0 aliphatic rings. The monoisotopic (exact) mass is 416 g/mol. The third kappa shape index (κ3) is 7.42. The fraction of sp³-hybridized carbons (Fsp3) is 0.238. The fourth-order valence-corrected chi connectivity index (χ4v) is 2.93. The molecule has 0 aliphatic heterocycles. The zero-order valence-electron chi connectivity index (χ0n) is 16.3. The van der Waals surface area contributed by atoms with Crippen LogP contribution in [0.15, 0.2) is 54.6 Å². The van der Waals surface area contributed by atoms with Crippen LogP contribution in [0.25, 0.3) is 6.08 Å². The van der Waals surface area contributed by atoms with Crippen molar-refractivity contribution in [2.75, 3.05) is 23.6 Å². The van der Waals surface area contributed by atoms with Gasteiger partial charge in [-0.1, -0.05) is 18.2 Å². The van der Waals surface area contributed by atoms with E-state index in [1.54, 1.807) is 61.5 Å². The predicted molar refractivity (Wildman–Crippen MR) is 114 cm³/mol. The molecule has 8 heteroatoms. The summed E-state index contributed by atoms with van der Waals surface area (Å²) in [5, 5.41) is 2.65. The molecule has 0 fully saturated rings. The van der Waals surface area contributed by atoms with Gasteiger partial charge in [-0.2, -0.15) is 0 Å². The standard InChI is InChI=1S/C21H24N2O5S/c1-3-22-21(25)15-28-19-12-5-16(6-13-19)7-14-20(24)17-8-10-18(11-9-17)23-29(26,27)4-2/h5-14,23H,3-4,15H2,1-2H3,(H,22,25)/b14-7+. The van der Waals surface area contributed by atoms with E-state index in [9.17, 15) is 18.0 Å². The number of carbonyl (C=O) groups excluding carboxylic acids is 2. The molecular formula is C21H24N2O5S. The van der Waals surface area contributed by atoms with Crippen LogP contribution in [0, 0.1) is 0 Å². The quantitative estimate of drug-likeness (QED) is 0.458. The van der Waals surface area contributed by atoms with Crippen molar-refractivity contribution < 1.29 is 22.7 Å². The number of amides is 1. The molecule has 0 aliphatic carbocycles. The summed E-state index contributed by atoms with van der Waals surface area (Å²) in [6, 6.07) is 13.2. The van der Waals surface area contributed by atoms with Gasteiger partial charge in [0.05, 0.1) is 5.75 Å². The van der Waals surface area contributed by atoms with Gasteiger partial charge in [0, 0.05) is 17.8 Å². The van der Waals surface area contributed by atoms with Gasteiger partial charge in [0.15, 0.2) is 12.4 Å². The largest absolute Gasteiger partial charge is 0.484 e. The smallest absolute Gasteiger partial charge is 0.257 e. The first kappa shape index (κ1) is 22.2. The van der Waals surface area contributed by atoms with Crippen molar-refractivity contribution in [3.8, 4) is 5.75 Å². The molecular weight excluding hydrogens is 392 g/mol. The molecule has 2 aromatic rings. The lowest BCUT2D eigenvalue weighted by Gasteiger charge is -2.06. The molecule has 7 nitrogen and oxygen atoms in total. The topological polar surface area (TPSA) is 102 Å². The van der Waals surface area contributed by atoms with Crippen LogP contribution in [0.1, 0.15) is 29.8 Å². The van der Waals surface area contributed by atoms with Gasteiger partial charge in [-0.25, -0.2) is 8.42 Å². The van der Waals surface area contributed by atoms with Gasteiger partial charge in [0.2, 0.25) is 10.0 Å². The van der Waals surface area contributed by atoms with Gasteiger partial charge in [-0.05, 0) is 61.9 Å². The number of likely N-dealkylation sites (N-methyl/N-ethyl adjacent to an activating group) is 1. The number of ketones is 1. The first-order valence-corrected chi connectivity index (χ1v) is 10.8. The first-order chi connectivity index (χ1) is 13.8. The van der Waals surface area contributed by atoms with E-state index in [-0.39, 0.29) is 24.1 Å². The number of benzene rings is 2. The molecule has 0 aromatic heterocycles. The minimum Gasteiger partial charge on any atom is -0.484 e. The number of ether oxygens (including phenoxy) is 1. The van der Waals surface area contributed by atoms with Gasteiger partial charge in [-0.3, -0.25) is 14.3 Å². The number of sulfonamides is 1. The van der Waals surface area contributed by atoms with Crippen molar-refractivity contribution in [3.05, 3.63) is 65.7 Å². The maximum atomic E-state index is 12.3. The third-order valence-electron chi connectivity index (χ3n) is 3.87. The van der Waals surface area contributed by atoms with E-state index in [1.807, 2.05) is 6.92 Å². The molecule has 0 spiro atoms. The summed E-state index contributed by atoms with van der Waals surface area (Å²) in [6.07, 6.45) is 3.11. The molecule has 0 atom stereocenters. The van der Waals surface area contributed by atoms with Crippen LogP contribution in [0.3, 0.4) is 0 Å². The van der Waals surface area contributed by atoms with Crippen molar-refractivity contribution in [2.24, 2.45) is 0 Å². The van der Waals surface area contributed by atoms with Crippen LogP contribution < -0.4 is 14.8 Å². The van der Waals surface area contributed by atoms with Gasteiger partial charge in [0.1, 0.15) is 5.75 Å². The molecule has 2 aromatic carbocycles. The van der Waals surface area contributed by atoms with Crippen molar-refractivity contribution in [3.63, 3.8) is 0 Å². The minimum atomic E-state index is -3.35. The summed E-state index contributed by atoms with van der Waals surface area (Å²) in [7, 11) is -3.35. The summed E-state index contributed by atoms with van der Waals surface area (Å²) in [5.41, 5.74) is 1.66. The van der Waals surface area contributed by atoms with E-state index in [2.05, 4.69) is 10.0 Å². The van der Waals surface area contributed by atoms with Gasteiger partial charge in [0.25, 0.3) is 5.91 Å². The lowest BCUT2D eigenvalue weighted by molar-refractivity contribution is -0.122. The highest BCUT2D eigenvalue weighted by molar-refractivity contribution is 7.92. The lowest BCUT2D eigenvalue weighted by Crippen LogP contribution is -2.28. The van der Waals surface area contributed by atoms with Gasteiger partial charge in [-0.15, -0.1) is 0 Å². The Labute approximate surface area is 170 Å². The van der Waals surface area contributed by atoms with E-state index in [0.717, 1.165) is 5.56 Å². The summed E-state index contributed by atoms with van der Waals surface area (Å²) < 4.78 is 30.9. The maximum Gasteiger partial charge on any atom is 0.257 e. The zero-order valence-corrected chi connectivity index (χ0v) is 17.2. The fourth-order valence-electron chi connectivity index (χ4n) is 2.29. The Balaban J connectivity index is 1.93. The number of anilines is 1. The van der Waals surface area contributed by atoms with Crippen LogP contribution >= 0.6 is 0 Å². The number of allylic oxidation sites excluding steroid dienone is 1. The van der Waals surface area contributed by atoms with E-state index in [1.165, 1.54) is 6.08 Å². The Hall–Kier alpha value is -3.13. The van der Waals surface area contributed by atoms with E-state index in [4.69, 9.17) is 4.74 Å². The Morgan fingerprint density at radius 2 is 1.66 bits per heavy atom. The highest BCUT2D eigenvalue weighted by Crippen LogP contribution is 2.15. The van der Waals surface area contributed by atoms with Gasteiger partial charge >= 0.3 is 0 Å². The zero-order chi connectivity index (χ0) is 21.3. The molecule has 0 heterocycles. The predicted octanol–water partition coefficient (Wildman–Crippen LogP) is 2.86. The SMILES string of the molecule is CCNC(=O)COc1ccc(/C=C/C(=O)c2ccc(NS(=O)(=O)CC)cc2)cc1. The Morgan fingerprint density at radius 3 is 2.24 bits per heavy atom. The van der Waals surface area contributed by atoms with Crippen LogP contribution in [0.5, 0.6) is 5.75 Å². The number of rotatable bonds is 10. The van der Waals surface area contributed by atoms with Crippen LogP contribution in [0.4, 0.5) is 5.69 Å². The van der Waals surface area contributed by atoms with Crippen LogP contribution in [0.2, 0.25) is 0 Å². The Morgan fingerprint density at radius 1 is 1.00 bits per heavy atom. The molecule has 0 saturated carbocycles. The van der Waals surface area contributed by atoms with Crippen molar-refractivity contribution in [1.82, 2.24) is 5.32 Å². The molecule has 1 amide bonds. The minimum absolute atomic E-state index is 0.0216. The van der Waals surface area contributed by atoms with Crippen molar-refractivity contribution in [1.29, 1.82) is 0 Å². The first-order valence-electron chi connectivity index (χ1n) is 9.15. The lowest BCUT2D eigenvalue weighted by atomic mass is 10.1. The number of carbonyl (C=O) groups is 2. The molecule has 0 unspecified atom stereocenters. The van der Waals surface area contributed by atoms with E-state index < -0.39 is 10.0 Å². The highest BCUT2D eigenvalue weighted by Gasteiger charge is 2.08. The van der Waals surface area contributed by atoms with Crippen molar-refractivity contribution >= 4 is 33.5 Å². The molecule has 0 bridgehead atoms. The summed E-state index contributed by atoms with van der Waals surface area (Å²) in [5.74, 6) is 0.151. The number of hydrogen-bond acceptors (Lipinski definition) is 5. The van der Waals surface area contributed by atoms with Crippen LogP contribution in [-0.2, 0) is 14.8 Å². The third-order valence-corrected chi connectivity index (χ3v) is 5.18. The molecule has 154 valence electrons. The Bertz CT molecular complexity index is 965. The van der Waals surface area contributed by atoms with E-state index in [0.29, 0.717) is 23.5 Å². The number of nitrogens with one attached hydrogen (secondary N) is 2. The molecule has 0 saturated heterocycles. The van der Waals surface area contributed by atoms with Crippen molar-refractivity contribution in [2.45, 2.75) is 13.8 Å². The average Bonchev–Trinajstić information content (AvgIpc) is 2.72. The maximum absolute atomic E-state index is 12.3. The summed E-state index contributed by atoms with van der Waals surface area (Å²) in [4.78, 5) is 23.7. The number of hydrogen-bond donors (Lipinski definition) is 2. The second-order valence-corrected chi connectivity index (χ2v) is 8.10. The highest BCUT2D eigenvalue weighted by atomic mass is 32.2. The molecule has 29 heavy (non-hydrogen) atoms. The van der Waals surface area contributed by atoms with Crippen LogP contribution in [-0.4, -0.2) is 39.0 Å². The molecule has 2 rings (SSSR count). The second-order valence-electron chi connectivity index (χ2n) is 6.09. The van der Waals surface area contributed by atoms with Gasteiger partial charge < -0.3 is 10.1 Å². The second kappa shape index (κ2) is 10.4. The average molecular weight is 416 g/mol.